The number of carbonyl (C=O) groups is 2. The summed E-state index contributed by atoms with van der Waals surface area (Å²) in [5.41, 5.74) is 0.499. The molecule has 1 unspecified atom stereocenters. The van der Waals surface area contributed by atoms with E-state index in [-0.39, 0.29) is 5.78 Å². The topological polar surface area (TPSA) is 46.6 Å². The van der Waals surface area contributed by atoms with Crippen LogP contribution in [-0.4, -0.2) is 34.5 Å². The molecule has 1 aliphatic rings. The fourth-order valence-corrected chi connectivity index (χ4v) is 2.38. The highest BCUT2D eigenvalue weighted by atomic mass is 16.6. The summed E-state index contributed by atoms with van der Waals surface area (Å²) in [7, 11) is 0. The van der Waals surface area contributed by atoms with Crippen molar-refractivity contribution in [2.45, 2.75) is 51.8 Å². The number of hydrogen-bond acceptors (Lipinski definition) is 3. The highest BCUT2D eigenvalue weighted by Crippen LogP contribution is 2.27. The smallest absolute Gasteiger partial charge is 0.411 e. The van der Waals surface area contributed by atoms with Gasteiger partial charge < -0.3 is 4.74 Å². The molecular formula is C16H21NO3. The van der Waals surface area contributed by atoms with Gasteiger partial charge in [0, 0.05) is 6.42 Å². The third-order valence-corrected chi connectivity index (χ3v) is 3.37. The Labute approximate surface area is 119 Å². The molecule has 2 rings (SSSR count). The van der Waals surface area contributed by atoms with E-state index in [4.69, 9.17) is 4.74 Å². The molecule has 1 amide bonds. The summed E-state index contributed by atoms with van der Waals surface area (Å²) in [4.78, 5) is 25.7. The minimum absolute atomic E-state index is 0.0970. The van der Waals surface area contributed by atoms with E-state index in [9.17, 15) is 9.59 Å². The standard InChI is InChI=1S/C16H21NO3/c1-11-14(18)13(10-12-8-6-5-7-9-12)17(11)15(19)20-16(2,3)4/h5-9,11,13H,10H2,1-4H3/t11?,13-/m0/s1. The second-order valence-corrected chi connectivity index (χ2v) is 6.17. The zero-order valence-corrected chi connectivity index (χ0v) is 12.4. The summed E-state index contributed by atoms with van der Waals surface area (Å²) in [6.45, 7) is 7.21. The Morgan fingerprint density at radius 1 is 1.25 bits per heavy atom. The fraction of sp³-hybridized carbons (Fsp3) is 0.500. The van der Waals surface area contributed by atoms with Crippen LogP contribution in [0.3, 0.4) is 0 Å². The highest BCUT2D eigenvalue weighted by Gasteiger charge is 2.48. The molecule has 108 valence electrons. The molecule has 0 aromatic heterocycles. The number of ketones is 1. The van der Waals surface area contributed by atoms with Crippen LogP contribution >= 0.6 is 0 Å². The van der Waals surface area contributed by atoms with Gasteiger partial charge in [-0.3, -0.25) is 9.69 Å². The Hall–Kier alpha value is -1.84. The maximum absolute atomic E-state index is 12.1. The second kappa shape index (κ2) is 5.27. The van der Waals surface area contributed by atoms with Crippen molar-refractivity contribution in [3.05, 3.63) is 35.9 Å². The van der Waals surface area contributed by atoms with Crippen molar-refractivity contribution in [1.29, 1.82) is 0 Å². The van der Waals surface area contributed by atoms with E-state index in [1.165, 1.54) is 0 Å². The van der Waals surface area contributed by atoms with Crippen molar-refractivity contribution in [3.63, 3.8) is 0 Å². The SMILES string of the molecule is CC1C(=O)[C@H](Cc2ccccc2)N1C(=O)OC(C)(C)C. The Balaban J connectivity index is 2.08. The Bertz CT molecular complexity index is 504. The lowest BCUT2D eigenvalue weighted by Crippen LogP contribution is -2.66. The van der Waals surface area contributed by atoms with Gasteiger partial charge in [0.25, 0.3) is 0 Å². The molecule has 1 fully saturated rings. The van der Waals surface area contributed by atoms with Gasteiger partial charge in [-0.25, -0.2) is 4.79 Å². The number of amides is 1. The number of Topliss-reactive ketones (excluding diaryl/α,β-unsaturated/α-hetero) is 1. The van der Waals surface area contributed by atoms with Crippen LogP contribution in [0.15, 0.2) is 30.3 Å². The molecular weight excluding hydrogens is 254 g/mol. The van der Waals surface area contributed by atoms with Crippen molar-refractivity contribution in [2.75, 3.05) is 0 Å². The van der Waals surface area contributed by atoms with E-state index < -0.39 is 23.8 Å². The van der Waals surface area contributed by atoms with Gasteiger partial charge in [0.1, 0.15) is 11.6 Å². The molecule has 0 spiro atoms. The van der Waals surface area contributed by atoms with E-state index in [0.29, 0.717) is 6.42 Å². The van der Waals surface area contributed by atoms with Crippen LogP contribution in [0.1, 0.15) is 33.3 Å². The molecule has 1 heterocycles. The normalized spacial score (nSPS) is 22.4. The first-order valence-corrected chi connectivity index (χ1v) is 6.88. The Morgan fingerprint density at radius 2 is 1.85 bits per heavy atom. The van der Waals surface area contributed by atoms with Gasteiger partial charge in [0.15, 0.2) is 5.78 Å². The minimum atomic E-state index is -0.549. The van der Waals surface area contributed by atoms with Gasteiger partial charge in [0.2, 0.25) is 0 Å². The van der Waals surface area contributed by atoms with Gasteiger partial charge in [-0.05, 0) is 33.3 Å². The van der Waals surface area contributed by atoms with E-state index in [2.05, 4.69) is 0 Å². The van der Waals surface area contributed by atoms with Crippen LogP contribution in [0.4, 0.5) is 4.79 Å². The Kier molecular flexibility index (Phi) is 3.84. The monoisotopic (exact) mass is 275 g/mol. The average molecular weight is 275 g/mol. The lowest BCUT2D eigenvalue weighted by Gasteiger charge is -2.45. The number of benzene rings is 1. The first kappa shape index (κ1) is 14.6. The van der Waals surface area contributed by atoms with Crippen LogP contribution in [0.5, 0.6) is 0 Å². The molecule has 1 saturated heterocycles. The van der Waals surface area contributed by atoms with Gasteiger partial charge in [-0.15, -0.1) is 0 Å². The number of carbonyl (C=O) groups excluding carboxylic acids is 2. The number of rotatable bonds is 2. The molecule has 1 aliphatic heterocycles. The van der Waals surface area contributed by atoms with Gasteiger partial charge in [-0.1, -0.05) is 30.3 Å². The average Bonchev–Trinajstić information content (AvgIpc) is 2.36. The molecule has 0 radical (unpaired) electrons. The molecule has 0 bridgehead atoms. The third kappa shape index (κ3) is 3.00. The molecule has 1 aromatic carbocycles. The third-order valence-electron chi connectivity index (χ3n) is 3.37. The molecule has 0 N–H and O–H groups in total. The first-order valence-electron chi connectivity index (χ1n) is 6.88. The zero-order chi connectivity index (χ0) is 14.9. The fourth-order valence-electron chi connectivity index (χ4n) is 2.38. The predicted octanol–water partition coefficient (Wildman–Crippen LogP) is 2.81. The van der Waals surface area contributed by atoms with Crippen LogP contribution in [0.25, 0.3) is 0 Å². The van der Waals surface area contributed by atoms with Crippen molar-refractivity contribution >= 4 is 11.9 Å². The maximum atomic E-state index is 12.1. The van der Waals surface area contributed by atoms with E-state index in [1.807, 2.05) is 51.1 Å². The van der Waals surface area contributed by atoms with Crippen LogP contribution < -0.4 is 0 Å². The molecule has 4 nitrogen and oxygen atoms in total. The summed E-state index contributed by atoms with van der Waals surface area (Å²) in [6.07, 6.45) is 0.133. The van der Waals surface area contributed by atoms with E-state index in [0.717, 1.165) is 5.56 Å². The number of ether oxygens (including phenoxy) is 1. The summed E-state index contributed by atoms with van der Waals surface area (Å²) in [5.74, 6) is 0.0970. The summed E-state index contributed by atoms with van der Waals surface area (Å²) >= 11 is 0. The van der Waals surface area contributed by atoms with Crippen LogP contribution in [-0.2, 0) is 16.0 Å². The van der Waals surface area contributed by atoms with Crippen LogP contribution in [0.2, 0.25) is 0 Å². The molecule has 2 atom stereocenters. The predicted molar refractivity (Wildman–Crippen MR) is 76.5 cm³/mol. The van der Waals surface area contributed by atoms with Gasteiger partial charge in [0.05, 0.1) is 6.04 Å². The maximum Gasteiger partial charge on any atom is 0.411 e. The molecule has 4 heteroatoms. The van der Waals surface area contributed by atoms with E-state index in [1.54, 1.807) is 11.8 Å². The number of nitrogens with zero attached hydrogens (tertiary/aromatic N) is 1. The lowest BCUT2D eigenvalue weighted by atomic mass is 9.88. The summed E-state index contributed by atoms with van der Waals surface area (Å²) < 4.78 is 5.36. The van der Waals surface area contributed by atoms with Crippen molar-refractivity contribution < 1.29 is 14.3 Å². The molecule has 1 aromatic rings. The molecule has 0 aliphatic carbocycles. The quantitative estimate of drug-likeness (QED) is 0.833. The number of likely N-dealkylation sites (tertiary alicyclic amines) is 1. The van der Waals surface area contributed by atoms with Crippen molar-refractivity contribution in [3.8, 4) is 0 Å². The van der Waals surface area contributed by atoms with Gasteiger partial charge >= 0.3 is 6.09 Å². The molecule has 0 saturated carbocycles. The highest BCUT2D eigenvalue weighted by molar-refractivity contribution is 6.00. The lowest BCUT2D eigenvalue weighted by molar-refractivity contribution is -0.142. The summed E-state index contributed by atoms with van der Waals surface area (Å²) in [5, 5.41) is 0. The number of hydrogen-bond donors (Lipinski definition) is 0. The zero-order valence-electron chi connectivity index (χ0n) is 12.4. The summed E-state index contributed by atoms with van der Waals surface area (Å²) in [6, 6.07) is 8.92. The van der Waals surface area contributed by atoms with Crippen molar-refractivity contribution in [1.82, 2.24) is 4.90 Å². The van der Waals surface area contributed by atoms with E-state index >= 15 is 0 Å². The Morgan fingerprint density at radius 3 is 2.40 bits per heavy atom. The van der Waals surface area contributed by atoms with Crippen molar-refractivity contribution in [2.24, 2.45) is 0 Å². The van der Waals surface area contributed by atoms with Crippen LogP contribution in [0, 0.1) is 0 Å². The minimum Gasteiger partial charge on any atom is -0.444 e. The molecule has 20 heavy (non-hydrogen) atoms. The second-order valence-electron chi connectivity index (χ2n) is 6.17. The first-order chi connectivity index (χ1) is 9.29. The van der Waals surface area contributed by atoms with Gasteiger partial charge in [-0.2, -0.15) is 0 Å². The largest absolute Gasteiger partial charge is 0.444 e.